The first kappa shape index (κ1) is 11.8. The summed E-state index contributed by atoms with van der Waals surface area (Å²) in [6.45, 7) is 1.30. The van der Waals surface area contributed by atoms with E-state index in [1.807, 2.05) is 0 Å². The normalized spacial score (nSPS) is 13.2. The van der Waals surface area contributed by atoms with Gasteiger partial charge in [0.25, 0.3) is 11.4 Å². The number of nitrogens with two attached hydrogens (primary N) is 1. The van der Waals surface area contributed by atoms with Crippen LogP contribution in [-0.2, 0) is 0 Å². The Morgan fingerprint density at radius 1 is 1.22 bits per heavy atom. The lowest BCUT2D eigenvalue weighted by Crippen LogP contribution is -2.14. The molecule has 1 aliphatic heterocycles. The molecule has 0 aromatic heterocycles. The maximum Gasteiger partial charge on any atom is 0.299 e. The van der Waals surface area contributed by atoms with Crippen LogP contribution in [-0.4, -0.2) is 28.8 Å². The summed E-state index contributed by atoms with van der Waals surface area (Å²) in [7, 11) is 0. The first-order chi connectivity index (χ1) is 8.41. The maximum absolute atomic E-state index is 10.9. The van der Waals surface area contributed by atoms with Gasteiger partial charge in [-0.2, -0.15) is 0 Å². The second kappa shape index (κ2) is 3.95. The lowest BCUT2D eigenvalue weighted by Gasteiger charge is -2.07. The number of amidine groups is 1. The molecule has 3 N–H and O–H groups in total. The van der Waals surface area contributed by atoms with Crippen LogP contribution < -0.4 is 10.6 Å². The van der Waals surface area contributed by atoms with Gasteiger partial charge in [-0.15, -0.1) is 0 Å². The number of nitro groups is 2. The van der Waals surface area contributed by atoms with Crippen molar-refractivity contribution in [3.8, 4) is 0 Å². The zero-order valence-corrected chi connectivity index (χ0v) is 9.12. The molecule has 1 saturated heterocycles. The monoisotopic (exact) mass is 251 g/mol. The van der Waals surface area contributed by atoms with Crippen LogP contribution in [0.1, 0.15) is 5.56 Å². The van der Waals surface area contributed by atoms with Crippen molar-refractivity contribution in [1.82, 2.24) is 0 Å². The van der Waals surface area contributed by atoms with Crippen molar-refractivity contribution in [3.05, 3.63) is 37.9 Å². The smallest absolute Gasteiger partial charge is 0.299 e. The molecule has 94 valence electrons. The number of benzene rings is 1. The van der Waals surface area contributed by atoms with E-state index in [1.54, 1.807) is 4.90 Å². The van der Waals surface area contributed by atoms with Gasteiger partial charge < -0.3 is 10.6 Å². The fourth-order valence-corrected chi connectivity index (χ4v) is 1.62. The van der Waals surface area contributed by atoms with Gasteiger partial charge in [-0.25, -0.2) is 0 Å². The summed E-state index contributed by atoms with van der Waals surface area (Å²) < 4.78 is 0. The summed E-state index contributed by atoms with van der Waals surface area (Å²) in [5.74, 6) is -0.486. The number of hydrogen-bond acceptors (Lipinski definition) is 6. The quantitative estimate of drug-likeness (QED) is 0.264. The van der Waals surface area contributed by atoms with E-state index >= 15 is 0 Å². The van der Waals surface area contributed by atoms with Gasteiger partial charge in [0.15, 0.2) is 0 Å². The molecule has 1 aromatic rings. The highest BCUT2D eigenvalue weighted by Crippen LogP contribution is 2.37. The van der Waals surface area contributed by atoms with Gasteiger partial charge >= 0.3 is 0 Å². The Morgan fingerprint density at radius 2 is 1.78 bits per heavy atom. The number of anilines is 1. The molecule has 0 radical (unpaired) electrons. The van der Waals surface area contributed by atoms with Crippen LogP contribution in [0.15, 0.2) is 12.1 Å². The fraction of sp³-hybridized carbons (Fsp3) is 0.222. The summed E-state index contributed by atoms with van der Waals surface area (Å²) in [6.07, 6.45) is 0. The fourth-order valence-electron chi connectivity index (χ4n) is 1.62. The molecule has 18 heavy (non-hydrogen) atoms. The van der Waals surface area contributed by atoms with Crippen LogP contribution in [0.4, 0.5) is 17.1 Å². The standard InChI is InChI=1S/C9H9N5O4/c10-9(11)5-3-7(12-1-2-12)8(14(17)18)4-6(5)13(15)16/h3-4H,1-2H2,(H3,10,11). The van der Waals surface area contributed by atoms with Crippen LogP contribution in [0, 0.1) is 25.6 Å². The maximum atomic E-state index is 10.9. The van der Waals surface area contributed by atoms with Gasteiger partial charge in [0, 0.05) is 13.1 Å². The molecule has 0 aliphatic carbocycles. The van der Waals surface area contributed by atoms with Crippen molar-refractivity contribution in [3.63, 3.8) is 0 Å². The van der Waals surface area contributed by atoms with Crippen molar-refractivity contribution in [2.75, 3.05) is 18.0 Å². The summed E-state index contributed by atoms with van der Waals surface area (Å²) in [5.41, 5.74) is 4.54. The largest absolute Gasteiger partial charge is 0.383 e. The first-order valence-corrected chi connectivity index (χ1v) is 4.98. The minimum absolute atomic E-state index is 0.104. The highest BCUT2D eigenvalue weighted by atomic mass is 16.6. The van der Waals surface area contributed by atoms with E-state index in [2.05, 4.69) is 0 Å². The van der Waals surface area contributed by atoms with Crippen LogP contribution in [0.3, 0.4) is 0 Å². The van der Waals surface area contributed by atoms with Crippen molar-refractivity contribution < 1.29 is 9.85 Å². The van der Waals surface area contributed by atoms with Gasteiger partial charge in [-0.1, -0.05) is 0 Å². The van der Waals surface area contributed by atoms with Crippen LogP contribution in [0.5, 0.6) is 0 Å². The molecule has 9 nitrogen and oxygen atoms in total. The summed E-state index contributed by atoms with van der Waals surface area (Å²) in [6, 6.07) is 2.08. The molecule has 1 aliphatic rings. The van der Waals surface area contributed by atoms with Gasteiger partial charge in [0.05, 0.1) is 21.5 Å². The molecule has 2 rings (SSSR count). The van der Waals surface area contributed by atoms with E-state index < -0.39 is 21.4 Å². The predicted octanol–water partition coefficient (Wildman–Crippen LogP) is 0.607. The average molecular weight is 251 g/mol. The van der Waals surface area contributed by atoms with E-state index in [4.69, 9.17) is 11.1 Å². The molecule has 1 fully saturated rings. The Balaban J connectivity index is 2.67. The van der Waals surface area contributed by atoms with E-state index in [9.17, 15) is 20.2 Å². The highest BCUT2D eigenvalue weighted by molar-refractivity contribution is 6.01. The van der Waals surface area contributed by atoms with Gasteiger partial charge in [-0.3, -0.25) is 25.6 Å². The number of hydrogen-bond donors (Lipinski definition) is 2. The van der Waals surface area contributed by atoms with Crippen LogP contribution >= 0.6 is 0 Å². The number of nitro benzene ring substituents is 2. The van der Waals surface area contributed by atoms with E-state index in [-0.39, 0.29) is 16.9 Å². The molecule has 0 atom stereocenters. The topological polar surface area (TPSA) is 139 Å². The molecule has 1 heterocycles. The molecule has 0 unspecified atom stereocenters. The van der Waals surface area contributed by atoms with Crippen LogP contribution in [0.25, 0.3) is 0 Å². The highest BCUT2D eigenvalue weighted by Gasteiger charge is 2.32. The Bertz CT molecular complexity index is 566. The zero-order valence-electron chi connectivity index (χ0n) is 9.12. The average Bonchev–Trinajstić information content (AvgIpc) is 3.10. The van der Waals surface area contributed by atoms with Crippen LogP contribution in [0.2, 0.25) is 0 Å². The molecule has 0 saturated carbocycles. The lowest BCUT2D eigenvalue weighted by molar-refractivity contribution is -0.393. The summed E-state index contributed by atoms with van der Waals surface area (Å²) in [4.78, 5) is 21.9. The Hall–Kier alpha value is -2.71. The second-order valence-corrected chi connectivity index (χ2v) is 3.77. The third-order valence-corrected chi connectivity index (χ3v) is 2.56. The SMILES string of the molecule is N=C(N)c1cc(N2CC2)c([N+](=O)[O-])cc1[N+](=O)[O-]. The summed E-state index contributed by atoms with van der Waals surface area (Å²) in [5, 5.41) is 29.0. The zero-order chi connectivity index (χ0) is 13.4. The van der Waals surface area contributed by atoms with E-state index in [1.165, 1.54) is 6.07 Å². The van der Waals surface area contributed by atoms with Crippen molar-refractivity contribution in [2.24, 2.45) is 5.73 Å². The van der Waals surface area contributed by atoms with Crippen molar-refractivity contribution >= 4 is 22.9 Å². The number of nitrogens with zero attached hydrogens (tertiary/aromatic N) is 3. The predicted molar refractivity (Wildman–Crippen MR) is 63.0 cm³/mol. The second-order valence-electron chi connectivity index (χ2n) is 3.77. The Kier molecular flexibility index (Phi) is 2.58. The third kappa shape index (κ3) is 1.93. The molecular weight excluding hydrogens is 242 g/mol. The van der Waals surface area contributed by atoms with E-state index in [0.29, 0.717) is 13.1 Å². The minimum atomic E-state index is -0.782. The minimum Gasteiger partial charge on any atom is -0.383 e. The van der Waals surface area contributed by atoms with Crippen molar-refractivity contribution in [1.29, 1.82) is 5.41 Å². The van der Waals surface area contributed by atoms with Gasteiger partial charge in [0.2, 0.25) is 0 Å². The number of nitrogens with one attached hydrogen (secondary N) is 1. The van der Waals surface area contributed by atoms with Crippen molar-refractivity contribution in [2.45, 2.75) is 0 Å². The molecule has 0 amide bonds. The Labute approximate surface area is 101 Å². The molecular formula is C9H9N5O4. The number of nitrogen functional groups attached to an aromatic ring is 1. The number of rotatable bonds is 4. The molecule has 1 aromatic carbocycles. The third-order valence-electron chi connectivity index (χ3n) is 2.56. The molecule has 9 heteroatoms. The summed E-state index contributed by atoms with van der Waals surface area (Å²) >= 11 is 0. The van der Waals surface area contributed by atoms with Gasteiger partial charge in [0.1, 0.15) is 11.5 Å². The lowest BCUT2D eigenvalue weighted by atomic mass is 10.1. The Morgan fingerprint density at radius 3 is 2.17 bits per heavy atom. The van der Waals surface area contributed by atoms with E-state index in [0.717, 1.165) is 6.07 Å². The first-order valence-electron chi connectivity index (χ1n) is 4.98. The molecule has 0 bridgehead atoms. The van der Waals surface area contributed by atoms with Gasteiger partial charge in [-0.05, 0) is 6.07 Å². The molecule has 0 spiro atoms.